The van der Waals surface area contributed by atoms with E-state index < -0.39 is 215 Å². The minimum absolute atomic E-state index is 0.00221. The smallest absolute Gasteiger partial charge is 0.189 e. The molecule has 0 radical (unpaired) electrons. The zero-order valence-corrected chi connectivity index (χ0v) is 89.7. The van der Waals surface area contributed by atoms with Gasteiger partial charge in [0.2, 0.25) is 0 Å². The molecule has 6 saturated heterocycles. The number of hydrogen-bond acceptors (Lipinski definition) is 26. The summed E-state index contributed by atoms with van der Waals surface area (Å²) >= 11 is 23.9. The molecule has 14 atom stereocenters. The van der Waals surface area contributed by atoms with Gasteiger partial charge in [0.15, 0.2) is 105 Å². The van der Waals surface area contributed by atoms with E-state index in [9.17, 15) is 84.9 Å². The molecule has 0 spiro atoms. The summed E-state index contributed by atoms with van der Waals surface area (Å²) in [5.74, 6) is -12.5. The third-order valence-electron chi connectivity index (χ3n) is 29.7. The monoisotopic (exact) mass is 2270 g/mol. The van der Waals surface area contributed by atoms with E-state index >= 15 is 17.6 Å². The topological polar surface area (TPSA) is 353 Å². The van der Waals surface area contributed by atoms with Gasteiger partial charge in [-0.3, -0.25) is 0 Å². The molecule has 18 rings (SSSR count). The molecule has 146 heavy (non-hydrogen) atoms. The van der Waals surface area contributed by atoms with Crippen LogP contribution in [-0.4, -0.2) is 240 Å². The largest absolute Gasteiger partial charge is 0.490 e. The molecule has 10 heterocycles. The first kappa shape index (κ1) is 113. The highest BCUT2D eigenvalue weighted by Gasteiger charge is 2.67. The van der Waals surface area contributed by atoms with Crippen molar-refractivity contribution in [2.24, 2.45) is 35.5 Å². The number of likely N-dealkylation sites (tertiary alicyclic amines) is 2. The maximum atomic E-state index is 15.5. The molecule has 6 fully saturated rings. The lowest BCUT2D eigenvalue weighted by atomic mass is 9.75. The Morgan fingerprint density at radius 1 is 0.295 bits per heavy atom. The maximum absolute atomic E-state index is 15.5. The molecule has 0 N–H and O–H groups in total. The van der Waals surface area contributed by atoms with Crippen LogP contribution >= 0.6 is 46.4 Å². The number of sulfone groups is 8. The summed E-state index contributed by atoms with van der Waals surface area (Å²) in [6.07, 6.45) is -0.954. The van der Waals surface area contributed by atoms with Crippen LogP contribution in [-0.2, 0) is 117 Å². The molecule has 10 aliphatic heterocycles. The maximum Gasteiger partial charge on any atom is 0.189 e. The van der Waals surface area contributed by atoms with Crippen molar-refractivity contribution < 1.29 is 140 Å². The van der Waals surface area contributed by atoms with Crippen molar-refractivity contribution in [1.29, 1.82) is 0 Å². The second-order valence-electron chi connectivity index (χ2n) is 38.8. The Morgan fingerprint density at radius 3 is 0.699 bits per heavy atom. The van der Waals surface area contributed by atoms with Gasteiger partial charge in [0.05, 0.1) is 127 Å². The first-order valence-electron chi connectivity index (χ1n) is 48.1. The summed E-state index contributed by atoms with van der Waals surface area (Å²) in [5.41, 5.74) is -1.48. The van der Waals surface area contributed by atoms with Gasteiger partial charge in [0.25, 0.3) is 0 Å². The number of fused-ring (bicyclic) bond motifs is 12. The van der Waals surface area contributed by atoms with Crippen LogP contribution in [0.4, 0.5) is 35.1 Å². The second kappa shape index (κ2) is 45.3. The molecule has 10 aliphatic rings. The highest BCUT2D eigenvalue weighted by molar-refractivity contribution is 7.94. The van der Waals surface area contributed by atoms with Crippen LogP contribution in [0.1, 0.15) is 127 Å². The van der Waals surface area contributed by atoms with Crippen molar-refractivity contribution >= 4 is 125 Å². The Labute approximate surface area is 867 Å². The van der Waals surface area contributed by atoms with E-state index in [0.717, 1.165) is 87.6 Å². The van der Waals surface area contributed by atoms with E-state index in [2.05, 4.69) is 23.6 Å². The highest BCUT2D eigenvalue weighted by Crippen LogP contribution is 2.62. The Kier molecular flexibility index (Phi) is 35.1. The lowest BCUT2D eigenvalue weighted by Crippen LogP contribution is -2.57. The number of nitrogens with zero attached hydrogens (tertiary/aromatic N) is 2. The zero-order chi connectivity index (χ0) is 105. The molecule has 46 heteroatoms. The van der Waals surface area contributed by atoms with Crippen molar-refractivity contribution in [3.8, 4) is 23.0 Å². The number of rotatable bonds is 30. The third-order valence-corrected chi connectivity index (χ3v) is 48.1. The van der Waals surface area contributed by atoms with Crippen LogP contribution in [0.3, 0.4) is 0 Å². The van der Waals surface area contributed by atoms with E-state index in [4.69, 9.17) is 84.3 Å². The van der Waals surface area contributed by atoms with Gasteiger partial charge >= 0.3 is 0 Å². The van der Waals surface area contributed by atoms with Crippen LogP contribution < -0.4 is 18.9 Å². The van der Waals surface area contributed by atoms with Crippen LogP contribution in [0, 0.1) is 82.0 Å². The van der Waals surface area contributed by atoms with Gasteiger partial charge in [-0.15, -0.1) is 0 Å². The van der Waals surface area contributed by atoms with Gasteiger partial charge in [-0.1, -0.05) is 74.1 Å². The fraction of sp³-hybridized carbons (Fsp3) is 0.520. The second-order valence-corrected chi connectivity index (χ2v) is 58.6. The van der Waals surface area contributed by atoms with Crippen LogP contribution in [0.25, 0.3) is 0 Å². The normalized spacial score (nSPS) is 26.2. The zero-order valence-electron chi connectivity index (χ0n) is 80.2. The molecule has 0 aliphatic carbocycles. The lowest BCUT2D eigenvalue weighted by molar-refractivity contribution is -0.0733. The van der Waals surface area contributed by atoms with E-state index in [1.165, 1.54) is 97.1 Å². The van der Waals surface area contributed by atoms with Crippen LogP contribution in [0.2, 0.25) is 20.1 Å². The molecular formula is C100H114Cl4F8N2O24S8. The Hall–Kier alpha value is -7.08. The molecule has 8 aromatic rings. The standard InChI is InChI=1S/2C27H32ClF2NO6S2.2C23H25ClF2O6S2/c2*1-18-8-11-31(16-18)12-15-38(32,33)14-9-24-21-17-37-26-23(30)7-6-22(29)25(26)27(21,10-13-36-24)39(34,35)20-4-2-19(28)3-5-20;2*1-2-12-33(27,28)13-9-20-17-14-32-22-19(26)8-7-18(25)21(22)23(17,10-11-31-20)34(29,30)16-5-3-15(24)4-6-16/h2*2-7,18,21,24H,8-17H2,1H3;2*3-8,17,20H,2,9-14H2,1H3/t18-,21+,24+,27+;18-,21-,24-,27-;2*17-,20-,23-/m1000/s1. The minimum atomic E-state index is -4.35. The molecule has 0 saturated carbocycles. The van der Waals surface area contributed by atoms with Crippen molar-refractivity contribution in [3.63, 3.8) is 0 Å². The van der Waals surface area contributed by atoms with Crippen molar-refractivity contribution in [2.45, 2.75) is 168 Å². The summed E-state index contributed by atoms with van der Waals surface area (Å²) in [5, 5.41) is 1.30. The highest BCUT2D eigenvalue weighted by atomic mass is 35.5. The van der Waals surface area contributed by atoms with Gasteiger partial charge in [0, 0.05) is 108 Å². The molecule has 8 aromatic carbocycles. The first-order chi connectivity index (χ1) is 68.9. The molecule has 0 bridgehead atoms. The van der Waals surface area contributed by atoms with E-state index in [1.807, 2.05) is 0 Å². The Balaban J connectivity index is 0.000000146. The summed E-state index contributed by atoms with van der Waals surface area (Å²) in [6, 6.07) is 29.2. The van der Waals surface area contributed by atoms with E-state index in [0.29, 0.717) is 57.9 Å². The van der Waals surface area contributed by atoms with Crippen LogP contribution in [0.15, 0.2) is 165 Å². The van der Waals surface area contributed by atoms with Crippen molar-refractivity contribution in [1.82, 2.24) is 9.80 Å². The lowest BCUT2D eigenvalue weighted by Gasteiger charge is -2.50. The van der Waals surface area contributed by atoms with Gasteiger partial charge in [0.1, 0.15) is 61.9 Å². The summed E-state index contributed by atoms with van der Waals surface area (Å²) in [6.45, 7) is 10.8. The van der Waals surface area contributed by atoms with Crippen LogP contribution in [0.5, 0.6) is 23.0 Å². The van der Waals surface area contributed by atoms with Gasteiger partial charge in [-0.2, -0.15) is 0 Å². The average molecular weight is 2280 g/mol. The van der Waals surface area contributed by atoms with E-state index in [1.54, 1.807) is 13.8 Å². The molecular weight excluding hydrogens is 2160 g/mol. The summed E-state index contributed by atoms with van der Waals surface area (Å²) in [4.78, 5) is 3.87. The Morgan fingerprint density at radius 2 is 0.500 bits per heavy atom. The minimum Gasteiger partial charge on any atom is -0.490 e. The molecule has 0 amide bonds. The molecule has 800 valence electrons. The number of ether oxygens (including phenoxy) is 8. The number of halogens is 12. The Bertz CT molecular complexity index is 6700. The van der Waals surface area contributed by atoms with Crippen molar-refractivity contribution in [3.05, 3.63) is 234 Å². The third kappa shape index (κ3) is 22.6. The molecule has 26 nitrogen and oxygen atoms in total. The van der Waals surface area contributed by atoms with Gasteiger partial charge < -0.3 is 47.7 Å². The van der Waals surface area contributed by atoms with E-state index in [-0.39, 0.29) is 192 Å². The fourth-order valence-corrected chi connectivity index (χ4v) is 37.9. The molecule has 0 aromatic heterocycles. The SMILES string of the molecule is CCCS(=O)(=O)CC[C@@H]1OCC[C@@]2(S(=O)(=O)c3ccc(Cl)cc3)c3c(F)ccc(F)c3OC[C@@H]12.CCCS(=O)(=O)CC[C@@H]1OCC[C@@]2(S(=O)(=O)c3ccc(Cl)cc3)c3c(F)ccc(F)c3OC[C@@H]12.C[C@@H]1CCN(CCS(=O)(=O)CC[C@@H]2OCC[C@@]3(S(=O)(=O)c4ccc(Cl)cc4)c4c(F)ccc(F)c4OC[C@@H]23)C1.C[C@H]1CCN(CCS(=O)(=O)CC[C@@H]2OCC[C@@]3(S(=O)(=O)c4ccc(Cl)cc4)c4c(F)ccc(F)c4OC[C@@H]23)C1. The number of hydrogen-bond donors (Lipinski definition) is 0. The summed E-state index contributed by atoms with van der Waals surface area (Å²) in [7, 11) is -31.0. The van der Waals surface area contributed by atoms with Gasteiger partial charge in [-0.05, 0) is 248 Å². The predicted molar refractivity (Wildman–Crippen MR) is 534 cm³/mol. The predicted octanol–water partition coefficient (Wildman–Crippen LogP) is 17.1. The first-order valence-corrected chi connectivity index (χ1v) is 62.9. The van der Waals surface area contributed by atoms with Gasteiger partial charge in [-0.25, -0.2) is 102 Å². The number of benzene rings is 8. The quantitative estimate of drug-likeness (QED) is 0.0377. The van der Waals surface area contributed by atoms with Crippen molar-refractivity contribution in [2.75, 3.05) is 138 Å². The average Bonchev–Trinajstić information content (AvgIpc) is 0.804. The fourth-order valence-electron chi connectivity index (χ4n) is 22.5. The summed E-state index contributed by atoms with van der Waals surface area (Å²) < 4.78 is 374. The molecule has 0 unspecified atom stereocenters.